The first-order valence-corrected chi connectivity index (χ1v) is 4.83. The molecule has 70 valence electrons. The molecule has 0 N–H and O–H groups in total. The molecule has 0 radical (unpaired) electrons. The maximum absolute atomic E-state index is 11.2. The number of nitrogens with zero attached hydrogens (tertiary/aromatic N) is 1. The van der Waals surface area contributed by atoms with Crippen LogP contribution in [0.25, 0.3) is 0 Å². The van der Waals surface area contributed by atoms with E-state index < -0.39 is 0 Å². The van der Waals surface area contributed by atoms with Gasteiger partial charge in [0.05, 0.1) is 0 Å². The monoisotopic (exact) mass is 169 g/mol. The van der Waals surface area contributed by atoms with Gasteiger partial charge in [0.25, 0.3) is 0 Å². The van der Waals surface area contributed by atoms with E-state index in [2.05, 4.69) is 25.7 Å². The van der Waals surface area contributed by atoms with Gasteiger partial charge >= 0.3 is 0 Å². The molecule has 0 aromatic rings. The van der Waals surface area contributed by atoms with Crippen molar-refractivity contribution in [2.75, 3.05) is 13.1 Å². The molecule has 1 aliphatic heterocycles. The smallest absolute Gasteiger partial charge is 0.136 e. The van der Waals surface area contributed by atoms with Crippen LogP contribution in [0.3, 0.4) is 0 Å². The van der Waals surface area contributed by atoms with E-state index >= 15 is 0 Å². The van der Waals surface area contributed by atoms with Crippen LogP contribution in [-0.2, 0) is 4.79 Å². The van der Waals surface area contributed by atoms with Gasteiger partial charge in [0.15, 0.2) is 0 Å². The second kappa shape index (κ2) is 3.56. The second-order valence-corrected chi connectivity index (χ2v) is 4.26. The van der Waals surface area contributed by atoms with E-state index in [-0.39, 0.29) is 5.54 Å². The van der Waals surface area contributed by atoms with Crippen LogP contribution in [-0.4, -0.2) is 29.3 Å². The third-order valence-corrected chi connectivity index (χ3v) is 2.64. The van der Waals surface area contributed by atoms with Crippen molar-refractivity contribution in [1.82, 2.24) is 4.90 Å². The fourth-order valence-corrected chi connectivity index (χ4v) is 1.93. The van der Waals surface area contributed by atoms with Gasteiger partial charge in [0.1, 0.15) is 5.78 Å². The number of piperidine rings is 1. The molecule has 0 aromatic heterocycles. The molecule has 1 fully saturated rings. The van der Waals surface area contributed by atoms with Gasteiger partial charge in [-0.1, -0.05) is 6.92 Å². The molecule has 1 rings (SSSR count). The highest BCUT2D eigenvalue weighted by Gasteiger charge is 2.32. The van der Waals surface area contributed by atoms with Gasteiger partial charge in [0, 0.05) is 24.9 Å². The van der Waals surface area contributed by atoms with Crippen molar-refractivity contribution in [2.45, 2.75) is 45.6 Å². The first kappa shape index (κ1) is 9.72. The van der Waals surface area contributed by atoms with Gasteiger partial charge in [-0.05, 0) is 26.8 Å². The predicted octanol–water partition coefficient (Wildman–Crippen LogP) is 1.84. The summed E-state index contributed by atoms with van der Waals surface area (Å²) in [4.78, 5) is 13.6. The Morgan fingerprint density at radius 3 is 2.67 bits per heavy atom. The third kappa shape index (κ3) is 2.07. The number of ketones is 1. The lowest BCUT2D eigenvalue weighted by Gasteiger charge is -2.41. The Hall–Kier alpha value is -0.370. The molecule has 1 aliphatic rings. The number of Topliss-reactive ketones (excluding diaryl/α,β-unsaturated/α-hetero) is 1. The molecular weight excluding hydrogens is 150 g/mol. The van der Waals surface area contributed by atoms with Crippen molar-refractivity contribution in [3.8, 4) is 0 Å². The molecule has 2 heteroatoms. The third-order valence-electron chi connectivity index (χ3n) is 2.64. The van der Waals surface area contributed by atoms with E-state index in [4.69, 9.17) is 0 Å². The minimum Gasteiger partial charge on any atom is -0.300 e. The maximum atomic E-state index is 11.2. The predicted molar refractivity (Wildman–Crippen MR) is 50.2 cm³/mol. The van der Waals surface area contributed by atoms with Gasteiger partial charge < -0.3 is 0 Å². The molecule has 0 amide bonds. The van der Waals surface area contributed by atoms with E-state index in [0.717, 1.165) is 25.9 Å². The fraction of sp³-hybridized carbons (Fsp3) is 0.900. The minimum absolute atomic E-state index is 0.103. The molecule has 0 spiro atoms. The summed E-state index contributed by atoms with van der Waals surface area (Å²) in [6.07, 6.45) is 2.66. The van der Waals surface area contributed by atoms with Crippen molar-refractivity contribution in [1.29, 1.82) is 0 Å². The Bertz CT molecular complexity index is 175. The van der Waals surface area contributed by atoms with Gasteiger partial charge in [-0.2, -0.15) is 0 Å². The van der Waals surface area contributed by atoms with E-state index in [9.17, 15) is 4.79 Å². The topological polar surface area (TPSA) is 20.3 Å². The van der Waals surface area contributed by atoms with Crippen LogP contribution in [0, 0.1) is 0 Å². The molecule has 0 atom stereocenters. The van der Waals surface area contributed by atoms with Crippen molar-refractivity contribution in [3.63, 3.8) is 0 Å². The molecule has 0 aliphatic carbocycles. The Labute approximate surface area is 74.9 Å². The lowest BCUT2D eigenvalue weighted by Crippen LogP contribution is -2.50. The van der Waals surface area contributed by atoms with Crippen LogP contribution >= 0.6 is 0 Å². The van der Waals surface area contributed by atoms with Crippen LogP contribution in [0.5, 0.6) is 0 Å². The molecular formula is C10H19NO. The number of carbonyl (C=O) groups excluding carboxylic acids is 1. The number of hydrogen-bond acceptors (Lipinski definition) is 2. The molecule has 0 aromatic carbocycles. The molecule has 0 saturated carbocycles. The lowest BCUT2D eigenvalue weighted by molar-refractivity contribution is -0.125. The molecule has 12 heavy (non-hydrogen) atoms. The number of rotatable bonds is 2. The Balaban J connectivity index is 2.57. The second-order valence-electron chi connectivity index (χ2n) is 4.26. The highest BCUT2D eigenvalue weighted by Crippen LogP contribution is 2.24. The first-order valence-electron chi connectivity index (χ1n) is 4.83. The summed E-state index contributed by atoms with van der Waals surface area (Å²) < 4.78 is 0. The van der Waals surface area contributed by atoms with E-state index in [0.29, 0.717) is 5.78 Å². The average Bonchev–Trinajstić information content (AvgIpc) is 1.94. The summed E-state index contributed by atoms with van der Waals surface area (Å²) >= 11 is 0. The number of likely N-dealkylation sites (tertiary alicyclic amines) is 1. The normalized spacial score (nSPS) is 24.4. The summed E-state index contributed by atoms with van der Waals surface area (Å²) in [5.41, 5.74) is 0.103. The highest BCUT2D eigenvalue weighted by molar-refractivity contribution is 5.80. The lowest BCUT2D eigenvalue weighted by atomic mass is 9.89. The van der Waals surface area contributed by atoms with Crippen molar-refractivity contribution in [2.24, 2.45) is 0 Å². The van der Waals surface area contributed by atoms with Gasteiger partial charge in [-0.25, -0.2) is 0 Å². The molecule has 1 saturated heterocycles. The van der Waals surface area contributed by atoms with Crippen LogP contribution in [0.2, 0.25) is 0 Å². The summed E-state index contributed by atoms with van der Waals surface area (Å²) in [6, 6.07) is 0. The first-order chi connectivity index (χ1) is 5.56. The minimum atomic E-state index is 0.103. The summed E-state index contributed by atoms with van der Waals surface area (Å²) in [7, 11) is 0. The molecule has 0 bridgehead atoms. The zero-order chi connectivity index (χ0) is 9.19. The maximum Gasteiger partial charge on any atom is 0.136 e. The molecule has 2 nitrogen and oxygen atoms in total. The van der Waals surface area contributed by atoms with E-state index in [1.807, 2.05) is 0 Å². The fourth-order valence-electron chi connectivity index (χ4n) is 1.93. The molecule has 0 unspecified atom stereocenters. The Kier molecular flexibility index (Phi) is 2.89. The Morgan fingerprint density at radius 1 is 1.50 bits per heavy atom. The standard InChI is InChI=1S/C10H19NO/c1-4-6-11-7-5-9(12)8-10(11,2)3/h4-8H2,1-3H3. The van der Waals surface area contributed by atoms with Crippen molar-refractivity contribution < 1.29 is 4.79 Å². The number of hydrogen-bond donors (Lipinski definition) is 0. The SMILES string of the molecule is CCCN1CCC(=O)CC1(C)C. The van der Waals surface area contributed by atoms with Crippen molar-refractivity contribution >= 4 is 5.78 Å². The summed E-state index contributed by atoms with van der Waals surface area (Å²) in [6.45, 7) is 8.60. The van der Waals surface area contributed by atoms with Gasteiger partial charge in [0.2, 0.25) is 0 Å². The summed E-state index contributed by atoms with van der Waals surface area (Å²) in [5, 5.41) is 0. The Morgan fingerprint density at radius 2 is 2.17 bits per heavy atom. The quantitative estimate of drug-likeness (QED) is 0.628. The number of carbonyl (C=O) groups is 1. The average molecular weight is 169 g/mol. The van der Waals surface area contributed by atoms with Crippen LogP contribution in [0.4, 0.5) is 0 Å². The largest absolute Gasteiger partial charge is 0.300 e. The van der Waals surface area contributed by atoms with Gasteiger partial charge in [-0.15, -0.1) is 0 Å². The van der Waals surface area contributed by atoms with Gasteiger partial charge in [-0.3, -0.25) is 9.69 Å². The van der Waals surface area contributed by atoms with Crippen molar-refractivity contribution in [3.05, 3.63) is 0 Å². The summed E-state index contributed by atoms with van der Waals surface area (Å²) in [5.74, 6) is 0.423. The molecule has 1 heterocycles. The van der Waals surface area contributed by atoms with Crippen LogP contribution in [0.1, 0.15) is 40.0 Å². The zero-order valence-electron chi connectivity index (χ0n) is 8.39. The zero-order valence-corrected chi connectivity index (χ0v) is 8.39. The van der Waals surface area contributed by atoms with Crippen LogP contribution < -0.4 is 0 Å². The van der Waals surface area contributed by atoms with E-state index in [1.54, 1.807) is 0 Å². The van der Waals surface area contributed by atoms with E-state index in [1.165, 1.54) is 6.42 Å². The highest BCUT2D eigenvalue weighted by atomic mass is 16.1. The van der Waals surface area contributed by atoms with Crippen LogP contribution in [0.15, 0.2) is 0 Å².